The topological polar surface area (TPSA) is 65.6 Å². The van der Waals surface area contributed by atoms with E-state index >= 15 is 0 Å². The van der Waals surface area contributed by atoms with E-state index in [1.807, 2.05) is 68.7 Å². The summed E-state index contributed by atoms with van der Waals surface area (Å²) in [7, 11) is 3.35. The Labute approximate surface area is 194 Å². The molecule has 0 radical (unpaired) electrons. The van der Waals surface area contributed by atoms with Crippen LogP contribution >= 0.6 is 11.3 Å². The van der Waals surface area contributed by atoms with Gasteiger partial charge in [-0.2, -0.15) is 0 Å². The second-order valence-corrected chi connectivity index (χ2v) is 8.92. The van der Waals surface area contributed by atoms with Crippen molar-refractivity contribution in [2.75, 3.05) is 7.11 Å². The van der Waals surface area contributed by atoms with Gasteiger partial charge in [-0.25, -0.2) is 9.79 Å². The predicted octanol–water partition coefficient (Wildman–Crippen LogP) is 3.29. The number of para-hydroxylation sites is 1. The van der Waals surface area contributed by atoms with Crippen molar-refractivity contribution in [1.29, 1.82) is 0 Å². The second-order valence-electron chi connectivity index (χ2n) is 7.91. The predicted molar refractivity (Wildman–Crippen MR) is 130 cm³/mol. The second kappa shape index (κ2) is 8.33. The van der Waals surface area contributed by atoms with Crippen molar-refractivity contribution in [2.24, 2.45) is 12.0 Å². The van der Waals surface area contributed by atoms with Gasteiger partial charge in [-0.15, -0.1) is 0 Å². The SMILES string of the molecule is CCC1=C(C(=O)OC)[C@@H](c2ccccc2)n2c(s/c(=C/c3cn(C)c4ccccc34)c2=O)=N1. The van der Waals surface area contributed by atoms with Crippen LogP contribution in [-0.4, -0.2) is 22.2 Å². The van der Waals surface area contributed by atoms with Gasteiger partial charge in [0.2, 0.25) is 0 Å². The molecule has 0 amide bonds. The Balaban J connectivity index is 1.79. The summed E-state index contributed by atoms with van der Waals surface area (Å²) in [5.74, 6) is -0.465. The Kier molecular flexibility index (Phi) is 5.34. The Morgan fingerprint density at radius 1 is 1.15 bits per heavy atom. The highest BCUT2D eigenvalue weighted by atomic mass is 32.1. The number of aryl methyl sites for hydroxylation is 1. The molecule has 5 rings (SSSR count). The normalized spacial score (nSPS) is 16.1. The van der Waals surface area contributed by atoms with E-state index in [0.717, 1.165) is 22.0 Å². The average Bonchev–Trinajstić information content (AvgIpc) is 3.34. The van der Waals surface area contributed by atoms with Crippen LogP contribution in [0.5, 0.6) is 0 Å². The molecule has 0 unspecified atom stereocenters. The van der Waals surface area contributed by atoms with E-state index in [-0.39, 0.29) is 5.56 Å². The number of hydrogen-bond acceptors (Lipinski definition) is 5. The Morgan fingerprint density at radius 2 is 1.88 bits per heavy atom. The first-order valence-electron chi connectivity index (χ1n) is 10.8. The molecule has 0 spiro atoms. The smallest absolute Gasteiger partial charge is 0.338 e. The zero-order valence-corrected chi connectivity index (χ0v) is 19.4. The molecule has 0 aliphatic carbocycles. The molecule has 2 aromatic carbocycles. The summed E-state index contributed by atoms with van der Waals surface area (Å²) in [4.78, 5) is 31.8. The molecular formula is C26H23N3O3S. The van der Waals surface area contributed by atoms with Crippen molar-refractivity contribution in [2.45, 2.75) is 19.4 Å². The van der Waals surface area contributed by atoms with Crippen molar-refractivity contribution >= 4 is 34.3 Å². The fraction of sp³-hybridized carbons (Fsp3) is 0.192. The van der Waals surface area contributed by atoms with Crippen molar-refractivity contribution in [1.82, 2.24) is 9.13 Å². The summed E-state index contributed by atoms with van der Waals surface area (Å²) >= 11 is 1.35. The number of benzene rings is 2. The lowest BCUT2D eigenvalue weighted by Gasteiger charge is -2.25. The summed E-state index contributed by atoms with van der Waals surface area (Å²) in [5, 5.41) is 1.08. The first-order chi connectivity index (χ1) is 16.0. The number of methoxy groups -OCH3 is 1. The number of fused-ring (bicyclic) bond motifs is 2. The number of rotatable bonds is 4. The zero-order valence-electron chi connectivity index (χ0n) is 18.6. The van der Waals surface area contributed by atoms with Crippen LogP contribution in [0.15, 0.2) is 81.9 Å². The standard InChI is InChI=1S/C26H23N3O3S/c1-4-19-22(25(31)32-3)23(16-10-6-5-7-11-16)29-24(30)21(33-26(29)27-19)14-17-15-28(2)20-13-9-8-12-18(17)20/h5-15,23H,4H2,1-3H3/b21-14+/t23-/m1/s1. The molecule has 166 valence electrons. The number of thiazole rings is 1. The lowest BCUT2D eigenvalue weighted by atomic mass is 9.95. The maximum Gasteiger partial charge on any atom is 0.338 e. The number of carbonyl (C=O) groups excluding carboxylic acids is 1. The van der Waals surface area contributed by atoms with E-state index < -0.39 is 12.0 Å². The third kappa shape index (κ3) is 3.45. The van der Waals surface area contributed by atoms with Crippen LogP contribution in [0, 0.1) is 0 Å². The maximum absolute atomic E-state index is 13.7. The van der Waals surface area contributed by atoms with Crippen LogP contribution in [0.4, 0.5) is 0 Å². The summed E-state index contributed by atoms with van der Waals surface area (Å²) in [6.07, 6.45) is 4.50. The quantitative estimate of drug-likeness (QED) is 0.442. The minimum absolute atomic E-state index is 0.169. The summed E-state index contributed by atoms with van der Waals surface area (Å²) < 4.78 is 9.36. The molecule has 4 aromatic rings. The van der Waals surface area contributed by atoms with Gasteiger partial charge in [-0.1, -0.05) is 66.8 Å². The van der Waals surface area contributed by atoms with Gasteiger partial charge in [-0.05, 0) is 24.1 Å². The van der Waals surface area contributed by atoms with Gasteiger partial charge in [0.05, 0.1) is 29.0 Å². The van der Waals surface area contributed by atoms with E-state index in [4.69, 9.17) is 9.73 Å². The fourth-order valence-corrected chi connectivity index (χ4v) is 5.45. The van der Waals surface area contributed by atoms with Crippen molar-refractivity contribution < 1.29 is 9.53 Å². The van der Waals surface area contributed by atoms with Crippen LogP contribution in [0.2, 0.25) is 0 Å². The number of aromatic nitrogens is 2. The Bertz CT molecular complexity index is 1590. The number of esters is 1. The third-order valence-corrected chi connectivity index (χ3v) is 6.96. The van der Waals surface area contributed by atoms with Crippen molar-refractivity contribution in [3.63, 3.8) is 0 Å². The molecule has 3 heterocycles. The molecule has 0 N–H and O–H groups in total. The molecule has 1 aliphatic rings. The molecular weight excluding hydrogens is 434 g/mol. The van der Waals surface area contributed by atoms with Gasteiger partial charge in [0, 0.05) is 29.7 Å². The van der Waals surface area contributed by atoms with Gasteiger partial charge in [0.25, 0.3) is 5.56 Å². The summed E-state index contributed by atoms with van der Waals surface area (Å²) in [6, 6.07) is 17.1. The van der Waals surface area contributed by atoms with E-state index in [1.165, 1.54) is 18.4 Å². The lowest BCUT2D eigenvalue weighted by molar-refractivity contribution is -0.136. The van der Waals surface area contributed by atoms with E-state index in [2.05, 4.69) is 16.7 Å². The Morgan fingerprint density at radius 3 is 2.61 bits per heavy atom. The first-order valence-corrected chi connectivity index (χ1v) is 11.6. The van der Waals surface area contributed by atoms with Gasteiger partial charge in [0.15, 0.2) is 4.80 Å². The van der Waals surface area contributed by atoms with Gasteiger partial charge in [-0.3, -0.25) is 9.36 Å². The number of nitrogens with zero attached hydrogens (tertiary/aromatic N) is 3. The molecule has 0 bridgehead atoms. The van der Waals surface area contributed by atoms with Gasteiger partial charge < -0.3 is 9.30 Å². The minimum atomic E-state index is -0.584. The fourth-order valence-electron chi connectivity index (χ4n) is 4.44. The van der Waals surface area contributed by atoms with Crippen LogP contribution in [-0.2, 0) is 16.6 Å². The van der Waals surface area contributed by atoms with Crippen molar-refractivity contribution in [3.05, 3.63) is 103 Å². The van der Waals surface area contributed by atoms with Crippen LogP contribution in [0.25, 0.3) is 17.0 Å². The van der Waals surface area contributed by atoms with Crippen LogP contribution in [0.3, 0.4) is 0 Å². The van der Waals surface area contributed by atoms with Crippen LogP contribution in [0.1, 0.15) is 30.5 Å². The first kappa shape index (κ1) is 21.2. The Hall–Kier alpha value is -3.71. The molecule has 0 saturated heterocycles. The molecule has 1 aliphatic heterocycles. The summed E-state index contributed by atoms with van der Waals surface area (Å²) in [5.41, 5.74) is 3.80. The maximum atomic E-state index is 13.7. The zero-order chi connectivity index (χ0) is 23.1. The van der Waals surface area contributed by atoms with Crippen LogP contribution < -0.4 is 14.9 Å². The molecule has 2 aromatic heterocycles. The molecule has 6 nitrogen and oxygen atoms in total. The number of ether oxygens (including phenoxy) is 1. The number of carbonyl (C=O) groups is 1. The third-order valence-electron chi connectivity index (χ3n) is 5.98. The van der Waals surface area contributed by atoms with E-state index in [1.54, 1.807) is 4.57 Å². The highest BCUT2D eigenvalue weighted by Crippen LogP contribution is 2.31. The molecule has 7 heteroatoms. The molecule has 33 heavy (non-hydrogen) atoms. The number of allylic oxidation sites excluding steroid dienone is 1. The number of hydrogen-bond donors (Lipinski definition) is 0. The highest BCUT2D eigenvalue weighted by Gasteiger charge is 2.33. The molecule has 1 atom stereocenters. The average molecular weight is 458 g/mol. The minimum Gasteiger partial charge on any atom is -0.466 e. The lowest BCUT2D eigenvalue weighted by Crippen LogP contribution is -2.40. The summed E-state index contributed by atoms with van der Waals surface area (Å²) in [6.45, 7) is 1.95. The molecule has 0 saturated carbocycles. The van der Waals surface area contributed by atoms with E-state index in [0.29, 0.717) is 27.0 Å². The largest absolute Gasteiger partial charge is 0.466 e. The molecule has 0 fully saturated rings. The van der Waals surface area contributed by atoms with Gasteiger partial charge in [0.1, 0.15) is 0 Å². The highest BCUT2D eigenvalue weighted by molar-refractivity contribution is 7.07. The van der Waals surface area contributed by atoms with Crippen molar-refractivity contribution in [3.8, 4) is 0 Å². The van der Waals surface area contributed by atoms with E-state index in [9.17, 15) is 9.59 Å². The van der Waals surface area contributed by atoms with Gasteiger partial charge >= 0.3 is 5.97 Å². The monoisotopic (exact) mass is 457 g/mol.